The lowest BCUT2D eigenvalue weighted by atomic mass is 10.0. The Kier molecular flexibility index (Phi) is 14.6. The molecule has 21 heavy (non-hydrogen) atoms. The number of unbranched alkanes of at least 4 members (excludes halogenated alkanes) is 5. The maximum atomic E-state index is 10.3. The number of carbonyl (C=O) groups is 1. The molecule has 0 aromatic carbocycles. The molecule has 0 amide bonds. The predicted molar refractivity (Wildman–Crippen MR) is 91.5 cm³/mol. The van der Waals surface area contributed by atoms with Gasteiger partial charge < -0.3 is 5.11 Å². The molecule has 0 saturated heterocycles. The molecule has 0 radical (unpaired) electrons. The van der Waals surface area contributed by atoms with Crippen molar-refractivity contribution in [2.24, 2.45) is 5.92 Å². The van der Waals surface area contributed by atoms with Crippen molar-refractivity contribution in [2.75, 3.05) is 0 Å². The third kappa shape index (κ3) is 16.9. The van der Waals surface area contributed by atoms with Gasteiger partial charge in [0.25, 0.3) is 0 Å². The summed E-state index contributed by atoms with van der Waals surface area (Å²) in [5.41, 5.74) is 0. The van der Waals surface area contributed by atoms with Crippen LogP contribution in [0.15, 0.2) is 24.3 Å². The van der Waals surface area contributed by atoms with E-state index in [1.165, 1.54) is 38.5 Å². The van der Waals surface area contributed by atoms with E-state index < -0.39 is 5.97 Å². The van der Waals surface area contributed by atoms with Crippen LogP contribution in [0.3, 0.4) is 0 Å². The van der Waals surface area contributed by atoms with Crippen molar-refractivity contribution in [3.63, 3.8) is 0 Å². The maximum absolute atomic E-state index is 10.3. The average molecular weight is 294 g/mol. The monoisotopic (exact) mass is 294 g/mol. The Balaban J connectivity index is 3.25. The van der Waals surface area contributed by atoms with E-state index >= 15 is 0 Å². The summed E-state index contributed by atoms with van der Waals surface area (Å²) >= 11 is 0. The Labute approximate surface area is 131 Å². The third-order valence-electron chi connectivity index (χ3n) is 3.86. The Morgan fingerprint density at radius 3 is 2.05 bits per heavy atom. The molecule has 0 bridgehead atoms. The van der Waals surface area contributed by atoms with Gasteiger partial charge in [-0.3, -0.25) is 4.79 Å². The quantitative estimate of drug-likeness (QED) is 0.309. The van der Waals surface area contributed by atoms with Crippen molar-refractivity contribution >= 4 is 5.97 Å². The van der Waals surface area contributed by atoms with Crippen LogP contribution in [-0.4, -0.2) is 11.1 Å². The molecular formula is C19H34O2. The first-order valence-electron chi connectivity index (χ1n) is 8.68. The number of carboxylic acids is 1. The van der Waals surface area contributed by atoms with E-state index in [-0.39, 0.29) is 6.42 Å². The first kappa shape index (κ1) is 19.9. The van der Waals surface area contributed by atoms with E-state index in [9.17, 15) is 4.79 Å². The highest BCUT2D eigenvalue weighted by atomic mass is 16.4. The van der Waals surface area contributed by atoms with Crippen molar-refractivity contribution in [3.8, 4) is 0 Å². The van der Waals surface area contributed by atoms with E-state index in [1.807, 2.05) is 0 Å². The molecule has 0 rings (SSSR count). The summed E-state index contributed by atoms with van der Waals surface area (Å²) < 4.78 is 0. The minimum absolute atomic E-state index is 0.279. The second kappa shape index (κ2) is 15.3. The fourth-order valence-electron chi connectivity index (χ4n) is 2.17. The van der Waals surface area contributed by atoms with Gasteiger partial charge in [0.15, 0.2) is 0 Å². The van der Waals surface area contributed by atoms with E-state index in [2.05, 4.69) is 38.2 Å². The zero-order valence-corrected chi connectivity index (χ0v) is 14.0. The molecular weight excluding hydrogens is 260 g/mol. The van der Waals surface area contributed by atoms with Gasteiger partial charge in [-0.2, -0.15) is 0 Å². The van der Waals surface area contributed by atoms with Gasteiger partial charge >= 0.3 is 5.97 Å². The summed E-state index contributed by atoms with van der Waals surface area (Å²) in [6.45, 7) is 4.61. The van der Waals surface area contributed by atoms with Crippen molar-refractivity contribution in [3.05, 3.63) is 24.3 Å². The fraction of sp³-hybridized carbons (Fsp3) is 0.737. The van der Waals surface area contributed by atoms with E-state index in [4.69, 9.17) is 5.11 Å². The number of aliphatic carboxylic acids is 1. The minimum Gasteiger partial charge on any atom is -0.481 e. The lowest BCUT2D eigenvalue weighted by molar-refractivity contribution is -0.137. The van der Waals surface area contributed by atoms with Crippen LogP contribution in [0.4, 0.5) is 0 Å². The lowest BCUT2D eigenvalue weighted by Crippen LogP contribution is -1.92. The van der Waals surface area contributed by atoms with Crippen molar-refractivity contribution < 1.29 is 9.90 Å². The van der Waals surface area contributed by atoms with Crippen LogP contribution < -0.4 is 0 Å². The first-order valence-corrected chi connectivity index (χ1v) is 8.68. The summed E-state index contributed by atoms with van der Waals surface area (Å²) in [6.07, 6.45) is 20.9. The van der Waals surface area contributed by atoms with Gasteiger partial charge in [-0.05, 0) is 44.4 Å². The summed E-state index contributed by atoms with van der Waals surface area (Å²) in [7, 11) is 0. The summed E-state index contributed by atoms with van der Waals surface area (Å²) in [4.78, 5) is 10.3. The van der Waals surface area contributed by atoms with Crippen LogP contribution in [0, 0.1) is 5.92 Å². The molecule has 0 aliphatic carbocycles. The Morgan fingerprint density at radius 1 is 0.905 bits per heavy atom. The van der Waals surface area contributed by atoms with E-state index in [1.54, 1.807) is 0 Å². The Bertz CT molecular complexity index is 292. The SMILES string of the molecule is CC[C@H](C)CCCCC/C=C\CC/C=C/CCCC(=O)O. The Hall–Kier alpha value is -1.05. The summed E-state index contributed by atoms with van der Waals surface area (Å²) in [6, 6.07) is 0. The molecule has 0 spiro atoms. The van der Waals surface area contributed by atoms with Gasteiger partial charge in [0.05, 0.1) is 0 Å². The van der Waals surface area contributed by atoms with Crippen LogP contribution >= 0.6 is 0 Å². The number of carboxylic acid groups (broad SMARTS) is 1. The van der Waals surface area contributed by atoms with Crippen LogP contribution in [0.2, 0.25) is 0 Å². The average Bonchev–Trinajstić information content (AvgIpc) is 2.46. The lowest BCUT2D eigenvalue weighted by Gasteiger charge is -2.06. The second-order valence-electron chi connectivity index (χ2n) is 5.96. The zero-order valence-electron chi connectivity index (χ0n) is 14.0. The van der Waals surface area contributed by atoms with Gasteiger partial charge in [-0.25, -0.2) is 0 Å². The van der Waals surface area contributed by atoms with Gasteiger partial charge in [-0.15, -0.1) is 0 Å². The van der Waals surface area contributed by atoms with E-state index in [0.717, 1.165) is 31.6 Å². The van der Waals surface area contributed by atoms with Crippen molar-refractivity contribution in [2.45, 2.75) is 84.5 Å². The normalized spacial score (nSPS) is 13.2. The summed E-state index contributed by atoms with van der Waals surface area (Å²) in [5.74, 6) is 0.193. The topological polar surface area (TPSA) is 37.3 Å². The number of hydrogen-bond acceptors (Lipinski definition) is 1. The molecule has 0 aromatic heterocycles. The minimum atomic E-state index is -0.699. The van der Waals surface area contributed by atoms with Gasteiger partial charge in [0, 0.05) is 6.42 Å². The van der Waals surface area contributed by atoms with Crippen LogP contribution in [-0.2, 0) is 4.79 Å². The molecule has 2 nitrogen and oxygen atoms in total. The van der Waals surface area contributed by atoms with Crippen LogP contribution in [0.25, 0.3) is 0 Å². The molecule has 1 N–H and O–H groups in total. The predicted octanol–water partition coefficient (Wildman–Crippen LogP) is 6.13. The van der Waals surface area contributed by atoms with E-state index in [0.29, 0.717) is 0 Å². The molecule has 0 aliphatic rings. The number of hydrogen-bond donors (Lipinski definition) is 1. The molecule has 0 unspecified atom stereocenters. The zero-order chi connectivity index (χ0) is 15.8. The first-order chi connectivity index (χ1) is 10.2. The summed E-state index contributed by atoms with van der Waals surface area (Å²) in [5, 5.41) is 8.50. The van der Waals surface area contributed by atoms with Crippen LogP contribution in [0.1, 0.15) is 84.5 Å². The molecule has 0 aromatic rings. The number of rotatable bonds is 14. The highest BCUT2D eigenvalue weighted by molar-refractivity contribution is 5.66. The molecule has 0 fully saturated rings. The smallest absolute Gasteiger partial charge is 0.303 e. The molecule has 0 aliphatic heterocycles. The second-order valence-corrected chi connectivity index (χ2v) is 5.96. The highest BCUT2D eigenvalue weighted by Gasteiger charge is 1.97. The molecule has 122 valence electrons. The van der Waals surface area contributed by atoms with Crippen molar-refractivity contribution in [1.82, 2.24) is 0 Å². The molecule has 0 heterocycles. The van der Waals surface area contributed by atoms with Crippen LogP contribution in [0.5, 0.6) is 0 Å². The van der Waals surface area contributed by atoms with Crippen molar-refractivity contribution in [1.29, 1.82) is 0 Å². The standard InChI is InChI=1S/C19H34O2/c1-3-18(2)16-14-12-10-8-6-4-5-7-9-11-13-15-17-19(20)21/h4,6,9,11,18H,3,5,7-8,10,12-17H2,1-2H3,(H,20,21)/b6-4-,11-9+/t18-/m0/s1. The van der Waals surface area contributed by atoms with Gasteiger partial charge in [-0.1, -0.05) is 63.8 Å². The third-order valence-corrected chi connectivity index (χ3v) is 3.86. The molecule has 2 heteroatoms. The largest absolute Gasteiger partial charge is 0.481 e. The van der Waals surface area contributed by atoms with Gasteiger partial charge in [0.1, 0.15) is 0 Å². The molecule has 0 saturated carbocycles. The maximum Gasteiger partial charge on any atom is 0.303 e. The fourth-order valence-corrected chi connectivity index (χ4v) is 2.17. The Morgan fingerprint density at radius 2 is 1.48 bits per heavy atom. The van der Waals surface area contributed by atoms with Gasteiger partial charge in [0.2, 0.25) is 0 Å². The number of allylic oxidation sites excluding steroid dienone is 4. The molecule has 1 atom stereocenters. The highest BCUT2D eigenvalue weighted by Crippen LogP contribution is 2.13.